The van der Waals surface area contributed by atoms with Crippen LogP contribution in [0.4, 0.5) is 0 Å². The van der Waals surface area contributed by atoms with E-state index in [-0.39, 0.29) is 19.8 Å². The minimum absolute atomic E-state index is 0.0648. The van der Waals surface area contributed by atoms with E-state index in [1.54, 1.807) is 13.8 Å². The van der Waals surface area contributed by atoms with Gasteiger partial charge in [0.05, 0.1) is 19.8 Å². The Bertz CT molecular complexity index is 428. The second-order valence-corrected chi connectivity index (χ2v) is 6.10. The standard InChI is InChI=1S/C15H25NO6/c1-6-20-12(18)8-11(17)16-10(13(19)21-7-2)9-22-14(16)15(3,4)5/h10,14H,6-9H2,1-5H3/t10-,14-/m0/s1. The van der Waals surface area contributed by atoms with Gasteiger partial charge in [0.2, 0.25) is 5.91 Å². The molecule has 7 heteroatoms. The Labute approximate surface area is 130 Å². The number of nitrogens with zero attached hydrogens (tertiary/aromatic N) is 1. The van der Waals surface area contributed by atoms with Crippen molar-refractivity contribution in [2.24, 2.45) is 5.41 Å². The normalized spacial score (nSPS) is 21.6. The Hall–Kier alpha value is -1.63. The summed E-state index contributed by atoms with van der Waals surface area (Å²) >= 11 is 0. The maximum absolute atomic E-state index is 12.4. The third-order valence-electron chi connectivity index (χ3n) is 3.19. The molecule has 0 aromatic carbocycles. The second-order valence-electron chi connectivity index (χ2n) is 6.10. The molecule has 1 fully saturated rings. The molecule has 1 aliphatic heterocycles. The quantitative estimate of drug-likeness (QED) is 0.558. The van der Waals surface area contributed by atoms with Crippen molar-refractivity contribution in [3.63, 3.8) is 0 Å². The molecule has 0 aromatic rings. The van der Waals surface area contributed by atoms with Crippen molar-refractivity contribution < 1.29 is 28.6 Å². The molecule has 0 bridgehead atoms. The van der Waals surface area contributed by atoms with Crippen LogP contribution in [0.5, 0.6) is 0 Å². The third kappa shape index (κ3) is 4.43. The SMILES string of the molecule is CCOC(=O)CC(=O)N1[C@H](C(C)(C)C)OC[C@H]1C(=O)OCC. The first-order valence-corrected chi connectivity index (χ1v) is 7.47. The van der Waals surface area contributed by atoms with E-state index in [0.29, 0.717) is 0 Å². The zero-order valence-electron chi connectivity index (χ0n) is 13.9. The number of rotatable bonds is 5. The first-order valence-electron chi connectivity index (χ1n) is 7.47. The van der Waals surface area contributed by atoms with Crippen LogP contribution in [0, 0.1) is 5.41 Å². The molecule has 7 nitrogen and oxygen atoms in total. The molecule has 22 heavy (non-hydrogen) atoms. The fourth-order valence-corrected chi connectivity index (χ4v) is 2.33. The Kier molecular flexibility index (Phi) is 6.34. The number of amides is 1. The highest BCUT2D eigenvalue weighted by Crippen LogP contribution is 2.32. The molecular formula is C15H25NO6. The van der Waals surface area contributed by atoms with Gasteiger partial charge in [-0.2, -0.15) is 0 Å². The van der Waals surface area contributed by atoms with E-state index in [1.807, 2.05) is 20.8 Å². The highest BCUT2D eigenvalue weighted by Gasteiger charge is 2.47. The van der Waals surface area contributed by atoms with E-state index in [2.05, 4.69) is 0 Å². The zero-order valence-corrected chi connectivity index (χ0v) is 13.9. The lowest BCUT2D eigenvalue weighted by atomic mass is 9.93. The van der Waals surface area contributed by atoms with Gasteiger partial charge in [-0.05, 0) is 13.8 Å². The van der Waals surface area contributed by atoms with Gasteiger partial charge in [-0.15, -0.1) is 0 Å². The Morgan fingerprint density at radius 2 is 1.73 bits per heavy atom. The molecule has 1 aliphatic rings. The summed E-state index contributed by atoms with van der Waals surface area (Å²) in [4.78, 5) is 37.3. The maximum Gasteiger partial charge on any atom is 0.331 e. The Balaban J connectivity index is 2.94. The predicted molar refractivity (Wildman–Crippen MR) is 77.7 cm³/mol. The van der Waals surface area contributed by atoms with E-state index in [0.717, 1.165) is 0 Å². The van der Waals surface area contributed by atoms with Crippen molar-refractivity contribution in [3.8, 4) is 0 Å². The van der Waals surface area contributed by atoms with Crippen LogP contribution in [0.25, 0.3) is 0 Å². The molecule has 0 saturated carbocycles. The van der Waals surface area contributed by atoms with E-state index in [4.69, 9.17) is 14.2 Å². The van der Waals surface area contributed by atoms with Crippen LogP contribution in [0.15, 0.2) is 0 Å². The van der Waals surface area contributed by atoms with E-state index >= 15 is 0 Å². The lowest BCUT2D eigenvalue weighted by molar-refractivity contribution is -0.160. The highest BCUT2D eigenvalue weighted by molar-refractivity contribution is 5.96. The molecule has 1 rings (SSSR count). The number of hydrogen-bond acceptors (Lipinski definition) is 6. The summed E-state index contributed by atoms with van der Waals surface area (Å²) in [5, 5.41) is 0. The van der Waals surface area contributed by atoms with Crippen molar-refractivity contribution in [2.45, 2.75) is 53.3 Å². The fourth-order valence-electron chi connectivity index (χ4n) is 2.33. The summed E-state index contributed by atoms with van der Waals surface area (Å²) in [6, 6.07) is -0.828. The topological polar surface area (TPSA) is 82.1 Å². The molecule has 1 amide bonds. The van der Waals surface area contributed by atoms with Gasteiger partial charge in [0, 0.05) is 5.41 Å². The lowest BCUT2D eigenvalue weighted by Crippen LogP contribution is -2.51. The average Bonchev–Trinajstić information content (AvgIpc) is 2.83. The average molecular weight is 315 g/mol. The molecule has 0 spiro atoms. The van der Waals surface area contributed by atoms with E-state index in [1.165, 1.54) is 4.90 Å². The number of carbonyl (C=O) groups excluding carboxylic acids is 3. The number of hydrogen-bond donors (Lipinski definition) is 0. The van der Waals surface area contributed by atoms with Crippen LogP contribution in [0.3, 0.4) is 0 Å². The number of carbonyl (C=O) groups is 3. The third-order valence-corrected chi connectivity index (χ3v) is 3.19. The zero-order chi connectivity index (χ0) is 16.9. The molecule has 0 unspecified atom stereocenters. The van der Waals surface area contributed by atoms with E-state index in [9.17, 15) is 14.4 Å². The largest absolute Gasteiger partial charge is 0.466 e. The van der Waals surface area contributed by atoms with Crippen LogP contribution in [-0.2, 0) is 28.6 Å². The summed E-state index contributed by atoms with van der Waals surface area (Å²) in [5.41, 5.74) is -0.397. The van der Waals surface area contributed by atoms with Gasteiger partial charge in [-0.3, -0.25) is 14.5 Å². The van der Waals surface area contributed by atoms with Gasteiger partial charge in [0.25, 0.3) is 0 Å². The maximum atomic E-state index is 12.4. The Morgan fingerprint density at radius 1 is 1.14 bits per heavy atom. The molecule has 1 saturated heterocycles. The second kappa shape index (κ2) is 7.58. The van der Waals surface area contributed by atoms with Gasteiger partial charge in [-0.1, -0.05) is 20.8 Å². The van der Waals surface area contributed by atoms with Crippen molar-refractivity contribution in [3.05, 3.63) is 0 Å². The molecular weight excluding hydrogens is 290 g/mol. The van der Waals surface area contributed by atoms with Gasteiger partial charge in [0.1, 0.15) is 12.6 Å². The lowest BCUT2D eigenvalue weighted by Gasteiger charge is -2.35. The molecule has 1 heterocycles. The summed E-state index contributed by atoms with van der Waals surface area (Å²) in [5.74, 6) is -1.63. The van der Waals surface area contributed by atoms with Crippen LogP contribution in [-0.4, -0.2) is 54.8 Å². The summed E-state index contributed by atoms with van der Waals surface area (Å²) in [6.07, 6.45) is -1.01. The van der Waals surface area contributed by atoms with Crippen LogP contribution >= 0.6 is 0 Å². The first kappa shape index (κ1) is 18.4. The molecule has 0 radical (unpaired) electrons. The van der Waals surface area contributed by atoms with Gasteiger partial charge in [0.15, 0.2) is 6.04 Å². The van der Waals surface area contributed by atoms with Crippen LogP contribution < -0.4 is 0 Å². The first-order chi connectivity index (χ1) is 10.2. The van der Waals surface area contributed by atoms with Gasteiger partial charge >= 0.3 is 11.9 Å². The molecule has 0 aromatic heterocycles. The number of esters is 2. The molecule has 2 atom stereocenters. The minimum atomic E-state index is -0.828. The van der Waals surface area contributed by atoms with Crippen LogP contribution in [0.2, 0.25) is 0 Å². The predicted octanol–water partition coefficient (Wildman–Crippen LogP) is 1.10. The van der Waals surface area contributed by atoms with Gasteiger partial charge < -0.3 is 14.2 Å². The summed E-state index contributed by atoms with van der Waals surface area (Å²) in [6.45, 7) is 9.54. The van der Waals surface area contributed by atoms with Crippen LogP contribution in [0.1, 0.15) is 41.0 Å². The van der Waals surface area contributed by atoms with Crippen molar-refractivity contribution in [2.75, 3.05) is 19.8 Å². The Morgan fingerprint density at radius 3 is 2.23 bits per heavy atom. The fraction of sp³-hybridized carbons (Fsp3) is 0.800. The van der Waals surface area contributed by atoms with Crippen molar-refractivity contribution in [1.82, 2.24) is 4.90 Å². The summed E-state index contributed by atoms with van der Waals surface area (Å²) in [7, 11) is 0. The molecule has 126 valence electrons. The summed E-state index contributed by atoms with van der Waals surface area (Å²) < 4.78 is 15.4. The van der Waals surface area contributed by atoms with Gasteiger partial charge in [-0.25, -0.2) is 4.79 Å². The van der Waals surface area contributed by atoms with Crippen molar-refractivity contribution in [1.29, 1.82) is 0 Å². The van der Waals surface area contributed by atoms with Crippen molar-refractivity contribution >= 4 is 17.8 Å². The van der Waals surface area contributed by atoms with E-state index < -0.39 is 42.0 Å². The smallest absolute Gasteiger partial charge is 0.331 e. The molecule has 0 aliphatic carbocycles. The molecule has 0 N–H and O–H groups in total. The number of ether oxygens (including phenoxy) is 3. The monoisotopic (exact) mass is 315 g/mol. The highest BCUT2D eigenvalue weighted by atomic mass is 16.6. The minimum Gasteiger partial charge on any atom is -0.466 e.